The van der Waals surface area contributed by atoms with Crippen LogP contribution in [0.3, 0.4) is 0 Å². The molecule has 4 nitrogen and oxygen atoms in total. The van der Waals surface area contributed by atoms with E-state index in [2.05, 4.69) is 6.92 Å². The van der Waals surface area contributed by atoms with Crippen LogP contribution in [0.5, 0.6) is 0 Å². The molecule has 31 heavy (non-hydrogen) atoms. The van der Waals surface area contributed by atoms with Crippen LogP contribution in [0, 0.1) is 5.92 Å². The molecule has 0 aliphatic carbocycles. The second-order valence-electron chi connectivity index (χ2n) is 8.45. The third-order valence-corrected chi connectivity index (χ3v) is 5.60. The molecule has 198 valence electrons. The molecule has 0 fully saturated rings. The van der Waals surface area contributed by atoms with E-state index in [4.69, 9.17) is 15.2 Å². The van der Waals surface area contributed by atoms with Crippen molar-refractivity contribution in [3.8, 4) is 0 Å². The number of hydrogen-bond acceptors (Lipinski definition) is 3. The Morgan fingerprint density at radius 1 is 0.645 bits per heavy atom. The molecule has 0 radical (unpaired) electrons. The second-order valence-corrected chi connectivity index (χ2v) is 8.45. The van der Waals surface area contributed by atoms with Gasteiger partial charge in [0.15, 0.2) is 0 Å². The Bertz CT molecular complexity index is 292. The fourth-order valence-corrected chi connectivity index (χ4v) is 3.55. The number of rotatable bonds is 22. The summed E-state index contributed by atoms with van der Waals surface area (Å²) in [7, 11) is 1.73. The maximum atomic E-state index is 5.94. The van der Waals surface area contributed by atoms with Crippen LogP contribution in [-0.4, -0.2) is 33.0 Å². The van der Waals surface area contributed by atoms with Crippen LogP contribution in [0.1, 0.15) is 117 Å². The van der Waals surface area contributed by atoms with Gasteiger partial charge in [-0.1, -0.05) is 103 Å². The van der Waals surface area contributed by atoms with E-state index >= 15 is 0 Å². The monoisotopic (exact) mass is 668 g/mol. The fraction of sp³-hybridized carbons (Fsp3) is 1.00. The molecule has 0 aliphatic heterocycles. The molecule has 0 heterocycles. The molecule has 0 bridgehead atoms. The Labute approximate surface area is 222 Å². The van der Waals surface area contributed by atoms with Gasteiger partial charge in [0.25, 0.3) is 0 Å². The van der Waals surface area contributed by atoms with Crippen molar-refractivity contribution in [1.82, 2.24) is 0 Å². The van der Waals surface area contributed by atoms with Crippen LogP contribution in [0.4, 0.5) is 0 Å². The van der Waals surface area contributed by atoms with E-state index in [9.17, 15) is 0 Å². The summed E-state index contributed by atoms with van der Waals surface area (Å²) < 4.78 is 11.0. The molecule has 0 aliphatic rings. The summed E-state index contributed by atoms with van der Waals surface area (Å²) in [4.78, 5) is 0. The molecule has 0 rings (SSSR count). The minimum absolute atomic E-state index is 0. The van der Waals surface area contributed by atoms with Gasteiger partial charge in [-0.25, -0.2) is 0 Å². The molecule has 2 atom stereocenters. The molecule has 0 saturated carbocycles. The largest absolute Gasteiger partial charge is 0.693 e. The van der Waals surface area contributed by atoms with Crippen LogP contribution in [-0.2, 0) is 30.5 Å². The van der Waals surface area contributed by atoms with Crippen molar-refractivity contribution >= 4 is 24.8 Å². The predicted octanol–water partition coefficient (Wildman–Crippen LogP) is 8.43. The van der Waals surface area contributed by atoms with Crippen LogP contribution in [0.25, 0.3) is 6.15 Å². The molecule has 0 aromatic rings. The Balaban J connectivity index is -0.000000563. The summed E-state index contributed by atoms with van der Waals surface area (Å²) in [5, 5.41) is 0. The number of unbranched alkanes of at least 4 members (excludes halogenated alkanes) is 15. The van der Waals surface area contributed by atoms with E-state index in [1.807, 2.05) is 6.92 Å². The Kier molecular flexibility index (Phi) is 48.7. The molecular weight excluding hydrogens is 614 g/mol. The maximum Gasteiger partial charge on any atom is 0.0531 e. The Hall–Kier alpha value is 1.11. The van der Waals surface area contributed by atoms with Crippen molar-refractivity contribution in [1.29, 1.82) is 0 Å². The normalized spacial score (nSPS) is 12.0. The average molecular weight is 670 g/mol. The number of methoxy groups -OCH3 is 1. The van der Waals surface area contributed by atoms with Gasteiger partial charge < -0.3 is 21.4 Å². The van der Waals surface area contributed by atoms with Crippen LogP contribution in [0.15, 0.2) is 0 Å². The zero-order valence-corrected chi connectivity index (χ0v) is 24.6. The zero-order chi connectivity index (χ0) is 20.0. The van der Waals surface area contributed by atoms with Crippen molar-refractivity contribution in [3.63, 3.8) is 0 Å². The molecule has 2 unspecified atom stereocenters. The molecular formula is C24H55Cl2N2O2Pt-. The molecule has 0 saturated heterocycles. The van der Waals surface area contributed by atoms with E-state index in [1.54, 1.807) is 7.11 Å². The van der Waals surface area contributed by atoms with Gasteiger partial charge in [0.05, 0.1) is 13.2 Å². The molecule has 0 aromatic heterocycles. The molecule has 7 heteroatoms. The summed E-state index contributed by atoms with van der Waals surface area (Å²) >= 11 is 0. The summed E-state index contributed by atoms with van der Waals surface area (Å²) in [6.45, 7) is 6.60. The third-order valence-electron chi connectivity index (χ3n) is 5.60. The number of hydrogen-bond donors (Lipinski definition) is 1. The first-order valence-corrected chi connectivity index (χ1v) is 12.0. The first-order valence-electron chi connectivity index (χ1n) is 12.0. The van der Waals surface area contributed by atoms with Gasteiger partial charge in [-0.3, -0.25) is 0 Å². The standard InChI is InChI=1S/C24H51NO2.2ClH.H2N.Pt/c1-4-5-6-7-8-9-10-11-12-13-14-15-16-17-18-19-20-27-22-24(21-26-3)23(2)25;;;;/h23-24H,4-22,25H2,1-3H3;2*1H;1H2;/q;;;-1;. The first-order chi connectivity index (χ1) is 13.2. The molecule has 0 aromatic carbocycles. The number of halogens is 2. The molecule has 4 N–H and O–H groups in total. The smallest absolute Gasteiger partial charge is 0.0531 e. The quantitative estimate of drug-likeness (QED) is 0.118. The summed E-state index contributed by atoms with van der Waals surface area (Å²) in [5.41, 5.74) is 5.94. The summed E-state index contributed by atoms with van der Waals surface area (Å²) in [5.74, 6) is 0.316. The van der Waals surface area contributed by atoms with Gasteiger partial charge in [0.2, 0.25) is 0 Å². The Morgan fingerprint density at radius 2 is 1.00 bits per heavy atom. The van der Waals surface area contributed by atoms with Gasteiger partial charge in [-0.05, 0) is 13.3 Å². The van der Waals surface area contributed by atoms with Gasteiger partial charge in [0.1, 0.15) is 0 Å². The zero-order valence-electron chi connectivity index (χ0n) is 20.7. The minimum Gasteiger partial charge on any atom is -0.693 e. The first kappa shape index (κ1) is 42.3. The van der Waals surface area contributed by atoms with Crippen LogP contribution >= 0.6 is 24.8 Å². The minimum atomic E-state index is 0. The van der Waals surface area contributed by atoms with E-state index in [0.717, 1.165) is 13.2 Å². The maximum absolute atomic E-state index is 5.94. The number of nitrogens with two attached hydrogens (primary N) is 2. The average Bonchev–Trinajstić information content (AvgIpc) is 2.66. The van der Waals surface area contributed by atoms with Gasteiger partial charge in [0, 0.05) is 46.7 Å². The molecule has 0 spiro atoms. The third kappa shape index (κ3) is 33.4. The van der Waals surface area contributed by atoms with Crippen molar-refractivity contribution in [3.05, 3.63) is 6.15 Å². The van der Waals surface area contributed by atoms with Crippen LogP contribution < -0.4 is 5.73 Å². The van der Waals surface area contributed by atoms with Crippen molar-refractivity contribution in [2.75, 3.05) is 26.9 Å². The van der Waals surface area contributed by atoms with E-state index < -0.39 is 0 Å². The number of ether oxygens (including phenoxy) is 2. The SMILES string of the molecule is CCCCCCCCCCCCCCCCCCOCC(COC)C(C)N.Cl.Cl.[NH2-].[Pt]. The molecule has 0 amide bonds. The van der Waals surface area contributed by atoms with E-state index in [0.29, 0.717) is 12.5 Å². The Morgan fingerprint density at radius 3 is 1.32 bits per heavy atom. The van der Waals surface area contributed by atoms with Crippen molar-refractivity contribution in [2.45, 2.75) is 123 Å². The van der Waals surface area contributed by atoms with E-state index in [-0.39, 0.29) is 58.1 Å². The summed E-state index contributed by atoms with van der Waals surface area (Å²) in [6, 6.07) is 0.135. The fourth-order valence-electron chi connectivity index (χ4n) is 3.55. The van der Waals surface area contributed by atoms with Crippen molar-refractivity contribution in [2.24, 2.45) is 11.7 Å². The van der Waals surface area contributed by atoms with Crippen LogP contribution in [0.2, 0.25) is 0 Å². The predicted molar refractivity (Wildman–Crippen MR) is 139 cm³/mol. The van der Waals surface area contributed by atoms with Gasteiger partial charge in [-0.15, -0.1) is 24.8 Å². The topological polar surface area (TPSA) is 78.0 Å². The van der Waals surface area contributed by atoms with Crippen molar-refractivity contribution < 1.29 is 30.5 Å². The van der Waals surface area contributed by atoms with Gasteiger partial charge in [-0.2, -0.15) is 0 Å². The van der Waals surface area contributed by atoms with E-state index in [1.165, 1.54) is 103 Å². The second kappa shape index (κ2) is 35.7. The summed E-state index contributed by atoms with van der Waals surface area (Å²) in [6.07, 6.45) is 22.5. The van der Waals surface area contributed by atoms with Gasteiger partial charge >= 0.3 is 0 Å².